The molecular formula is C11H18N2O2S. The van der Waals surface area contributed by atoms with E-state index in [9.17, 15) is 8.42 Å². The Labute approximate surface area is 97.0 Å². The van der Waals surface area contributed by atoms with Crippen molar-refractivity contribution in [2.45, 2.75) is 26.8 Å². The quantitative estimate of drug-likeness (QED) is 0.813. The van der Waals surface area contributed by atoms with E-state index in [1.54, 1.807) is 0 Å². The third-order valence-electron chi connectivity index (χ3n) is 2.14. The van der Waals surface area contributed by atoms with E-state index in [4.69, 9.17) is 5.14 Å². The molecule has 0 aliphatic carbocycles. The second-order valence-electron chi connectivity index (χ2n) is 4.28. The molecule has 4 nitrogen and oxygen atoms in total. The maximum atomic E-state index is 10.7. The lowest BCUT2D eigenvalue weighted by Gasteiger charge is -2.06. The van der Waals surface area contributed by atoms with Gasteiger partial charge in [0, 0.05) is 6.54 Å². The lowest BCUT2D eigenvalue weighted by molar-refractivity contribution is 0.583. The first-order valence-corrected chi connectivity index (χ1v) is 6.76. The number of nitrogens with two attached hydrogens (primary N) is 1. The highest BCUT2D eigenvalue weighted by Crippen LogP contribution is 2.09. The van der Waals surface area contributed by atoms with Gasteiger partial charge in [-0.15, -0.1) is 0 Å². The van der Waals surface area contributed by atoms with Crippen molar-refractivity contribution in [3.05, 3.63) is 35.4 Å². The first-order valence-electron chi connectivity index (χ1n) is 5.22. The van der Waals surface area contributed by atoms with Crippen LogP contribution in [0.2, 0.25) is 0 Å². The summed E-state index contributed by atoms with van der Waals surface area (Å²) in [4.78, 5) is 0. The summed E-state index contributed by atoms with van der Waals surface area (Å²) in [5.41, 5.74) is 2.16. The smallest absolute Gasteiger partial charge is 0.216 e. The van der Waals surface area contributed by atoms with Crippen LogP contribution in [0.5, 0.6) is 0 Å². The zero-order chi connectivity index (χ0) is 12.2. The Hall–Kier alpha value is -0.910. The SMILES string of the molecule is CC(C)Cc1ccc(CNS(N)(=O)=O)cc1. The van der Waals surface area contributed by atoms with E-state index < -0.39 is 10.2 Å². The summed E-state index contributed by atoms with van der Waals surface area (Å²) in [6.07, 6.45) is 1.03. The topological polar surface area (TPSA) is 72.2 Å². The van der Waals surface area contributed by atoms with Gasteiger partial charge in [-0.2, -0.15) is 13.1 Å². The fourth-order valence-electron chi connectivity index (χ4n) is 1.45. The van der Waals surface area contributed by atoms with Crippen LogP contribution in [-0.4, -0.2) is 8.42 Å². The van der Waals surface area contributed by atoms with Gasteiger partial charge >= 0.3 is 0 Å². The molecule has 3 N–H and O–H groups in total. The number of nitrogens with one attached hydrogen (secondary N) is 1. The molecular weight excluding hydrogens is 224 g/mol. The summed E-state index contributed by atoms with van der Waals surface area (Å²) >= 11 is 0. The van der Waals surface area contributed by atoms with Crippen LogP contribution in [0, 0.1) is 5.92 Å². The molecule has 0 atom stereocenters. The maximum Gasteiger partial charge on any atom is 0.274 e. The molecule has 0 unspecified atom stereocenters. The van der Waals surface area contributed by atoms with Crippen molar-refractivity contribution < 1.29 is 8.42 Å². The van der Waals surface area contributed by atoms with Gasteiger partial charge in [0.15, 0.2) is 0 Å². The molecule has 16 heavy (non-hydrogen) atoms. The van der Waals surface area contributed by atoms with Crippen molar-refractivity contribution in [2.75, 3.05) is 0 Å². The molecule has 5 heteroatoms. The highest BCUT2D eigenvalue weighted by Gasteiger charge is 2.02. The minimum Gasteiger partial charge on any atom is -0.216 e. The number of rotatable bonds is 5. The van der Waals surface area contributed by atoms with Crippen molar-refractivity contribution in [2.24, 2.45) is 11.1 Å². The predicted octanol–water partition coefficient (Wildman–Crippen LogP) is 1.18. The summed E-state index contributed by atoms with van der Waals surface area (Å²) in [6.45, 7) is 4.56. The molecule has 0 aliphatic heterocycles. The van der Waals surface area contributed by atoms with Crippen molar-refractivity contribution in [3.8, 4) is 0 Å². The normalized spacial score (nSPS) is 12.0. The van der Waals surface area contributed by atoms with Gasteiger partial charge in [0.1, 0.15) is 0 Å². The maximum absolute atomic E-state index is 10.7. The lowest BCUT2D eigenvalue weighted by Crippen LogP contribution is -2.30. The average Bonchev–Trinajstić information content (AvgIpc) is 2.14. The molecule has 1 aromatic rings. The summed E-state index contributed by atoms with van der Waals surface area (Å²) in [5.74, 6) is 0.619. The van der Waals surface area contributed by atoms with Crippen LogP contribution in [0.25, 0.3) is 0 Å². The highest BCUT2D eigenvalue weighted by molar-refractivity contribution is 7.87. The van der Waals surface area contributed by atoms with Crippen molar-refractivity contribution in [1.82, 2.24) is 4.72 Å². The van der Waals surface area contributed by atoms with E-state index >= 15 is 0 Å². The molecule has 1 aromatic carbocycles. The van der Waals surface area contributed by atoms with E-state index in [0.29, 0.717) is 5.92 Å². The Morgan fingerprint density at radius 1 is 1.19 bits per heavy atom. The molecule has 0 aromatic heterocycles. The molecule has 0 amide bonds. The lowest BCUT2D eigenvalue weighted by atomic mass is 10.0. The fraction of sp³-hybridized carbons (Fsp3) is 0.455. The molecule has 0 saturated carbocycles. The van der Waals surface area contributed by atoms with Crippen LogP contribution in [0.3, 0.4) is 0 Å². The predicted molar refractivity (Wildman–Crippen MR) is 64.9 cm³/mol. The number of benzene rings is 1. The van der Waals surface area contributed by atoms with Crippen LogP contribution in [0.1, 0.15) is 25.0 Å². The van der Waals surface area contributed by atoms with Gasteiger partial charge in [0.25, 0.3) is 10.2 Å². The van der Waals surface area contributed by atoms with Crippen LogP contribution in [0.15, 0.2) is 24.3 Å². The Bertz CT molecular complexity index is 424. The minimum atomic E-state index is -3.60. The highest BCUT2D eigenvalue weighted by atomic mass is 32.2. The molecule has 0 bridgehead atoms. The zero-order valence-corrected chi connectivity index (χ0v) is 10.4. The molecule has 0 spiro atoms. The number of hydrogen-bond donors (Lipinski definition) is 2. The van der Waals surface area contributed by atoms with Crippen molar-refractivity contribution in [1.29, 1.82) is 0 Å². The van der Waals surface area contributed by atoms with Gasteiger partial charge in [0.05, 0.1) is 0 Å². The van der Waals surface area contributed by atoms with Crippen molar-refractivity contribution >= 4 is 10.2 Å². The van der Waals surface area contributed by atoms with Gasteiger partial charge in [-0.05, 0) is 23.5 Å². The summed E-state index contributed by atoms with van der Waals surface area (Å²) in [7, 11) is -3.60. The molecule has 1 rings (SSSR count). The number of hydrogen-bond acceptors (Lipinski definition) is 2. The monoisotopic (exact) mass is 242 g/mol. The Morgan fingerprint density at radius 2 is 1.69 bits per heavy atom. The summed E-state index contributed by atoms with van der Waals surface area (Å²) in [6, 6.07) is 7.85. The first-order chi connectivity index (χ1) is 7.37. The van der Waals surface area contributed by atoms with Crippen LogP contribution < -0.4 is 9.86 Å². The molecule has 90 valence electrons. The van der Waals surface area contributed by atoms with E-state index in [0.717, 1.165) is 12.0 Å². The van der Waals surface area contributed by atoms with Gasteiger partial charge < -0.3 is 0 Å². The third kappa shape index (κ3) is 5.25. The zero-order valence-electron chi connectivity index (χ0n) is 9.60. The van der Waals surface area contributed by atoms with E-state index in [1.807, 2.05) is 24.3 Å². The molecule has 0 fully saturated rings. The second kappa shape index (κ2) is 5.43. The van der Waals surface area contributed by atoms with Crippen LogP contribution >= 0.6 is 0 Å². The third-order valence-corrected chi connectivity index (χ3v) is 2.69. The Balaban J connectivity index is 2.58. The summed E-state index contributed by atoms with van der Waals surface area (Å²) < 4.78 is 23.6. The van der Waals surface area contributed by atoms with Crippen LogP contribution in [-0.2, 0) is 23.2 Å². The van der Waals surface area contributed by atoms with Gasteiger partial charge in [-0.1, -0.05) is 38.1 Å². The van der Waals surface area contributed by atoms with Gasteiger partial charge in [-0.25, -0.2) is 5.14 Å². The van der Waals surface area contributed by atoms with E-state index in [-0.39, 0.29) is 6.54 Å². The van der Waals surface area contributed by atoms with Crippen LogP contribution in [0.4, 0.5) is 0 Å². The average molecular weight is 242 g/mol. The van der Waals surface area contributed by atoms with E-state index in [1.165, 1.54) is 5.56 Å². The minimum absolute atomic E-state index is 0.237. The first kappa shape index (κ1) is 13.2. The summed E-state index contributed by atoms with van der Waals surface area (Å²) in [5, 5.41) is 4.84. The second-order valence-corrected chi connectivity index (χ2v) is 5.66. The molecule has 0 aliphatic rings. The Morgan fingerprint density at radius 3 is 2.12 bits per heavy atom. The standard InChI is InChI=1S/C11H18N2O2S/c1-9(2)7-10-3-5-11(6-4-10)8-13-16(12,14)15/h3-6,9,13H,7-8H2,1-2H3,(H2,12,14,15). The Kier molecular flexibility index (Phi) is 4.46. The molecule has 0 heterocycles. The largest absolute Gasteiger partial charge is 0.274 e. The van der Waals surface area contributed by atoms with E-state index in [2.05, 4.69) is 18.6 Å². The van der Waals surface area contributed by atoms with Gasteiger partial charge in [-0.3, -0.25) is 0 Å². The molecule has 0 saturated heterocycles. The fourth-order valence-corrected chi connectivity index (χ4v) is 1.82. The van der Waals surface area contributed by atoms with Crippen molar-refractivity contribution in [3.63, 3.8) is 0 Å². The molecule has 0 radical (unpaired) electrons. The van der Waals surface area contributed by atoms with Gasteiger partial charge in [0.2, 0.25) is 0 Å².